The van der Waals surface area contributed by atoms with Gasteiger partial charge in [-0.05, 0) is 37.7 Å². The fourth-order valence-electron chi connectivity index (χ4n) is 1.95. The van der Waals surface area contributed by atoms with Crippen molar-refractivity contribution in [1.82, 2.24) is 14.7 Å². The van der Waals surface area contributed by atoms with Crippen LogP contribution in [0.1, 0.15) is 18.5 Å². The zero-order valence-electron chi connectivity index (χ0n) is 11.3. The van der Waals surface area contributed by atoms with E-state index in [1.807, 2.05) is 29.1 Å². The predicted octanol–water partition coefficient (Wildman–Crippen LogP) is 2.81. The van der Waals surface area contributed by atoms with Gasteiger partial charge in [-0.15, -0.1) is 0 Å². The Labute approximate surface area is 118 Å². The number of hydrogen-bond acceptors (Lipinski definition) is 3. The van der Waals surface area contributed by atoms with Crippen LogP contribution >= 0.6 is 11.6 Å². The average Bonchev–Trinajstić information content (AvgIpc) is 2.82. The van der Waals surface area contributed by atoms with E-state index in [9.17, 15) is 0 Å². The van der Waals surface area contributed by atoms with Crippen LogP contribution in [0, 0.1) is 0 Å². The molecule has 1 aromatic heterocycles. The number of nitrogens with two attached hydrogens (primary N) is 1. The Hall–Kier alpha value is -1.52. The van der Waals surface area contributed by atoms with Crippen LogP contribution in [0.4, 0.5) is 5.82 Å². The second-order valence-electron chi connectivity index (χ2n) is 4.71. The van der Waals surface area contributed by atoms with E-state index in [1.165, 1.54) is 5.56 Å². The molecule has 19 heavy (non-hydrogen) atoms. The van der Waals surface area contributed by atoms with E-state index in [0.717, 1.165) is 18.1 Å². The topological polar surface area (TPSA) is 47.1 Å². The molecule has 1 unspecified atom stereocenters. The number of aromatic nitrogens is 2. The lowest BCUT2D eigenvalue weighted by Crippen LogP contribution is -2.26. The molecule has 0 aliphatic carbocycles. The summed E-state index contributed by atoms with van der Waals surface area (Å²) in [6.45, 7) is 3.91. The lowest BCUT2D eigenvalue weighted by atomic mass is 10.1. The van der Waals surface area contributed by atoms with Crippen molar-refractivity contribution < 1.29 is 0 Å². The summed E-state index contributed by atoms with van der Waals surface area (Å²) in [5.74, 6) is 0.563. The quantitative estimate of drug-likeness (QED) is 0.915. The minimum Gasteiger partial charge on any atom is -0.382 e. The van der Waals surface area contributed by atoms with Crippen molar-refractivity contribution in [3.05, 3.63) is 47.1 Å². The molecular weight excluding hydrogens is 260 g/mol. The lowest BCUT2D eigenvalue weighted by Gasteiger charge is -2.25. The maximum absolute atomic E-state index is 5.90. The van der Waals surface area contributed by atoms with Crippen LogP contribution < -0.4 is 5.73 Å². The molecule has 0 aliphatic rings. The number of nitrogen functional groups attached to an aromatic ring is 1. The number of rotatable bonds is 5. The van der Waals surface area contributed by atoms with Gasteiger partial charge in [-0.25, -0.2) is 0 Å². The molecule has 0 fully saturated rings. The van der Waals surface area contributed by atoms with E-state index >= 15 is 0 Å². The fraction of sp³-hybridized carbons (Fsp3) is 0.357. The Kier molecular flexibility index (Phi) is 4.45. The van der Waals surface area contributed by atoms with Gasteiger partial charge in [0.1, 0.15) is 5.82 Å². The number of nitrogens with zero attached hydrogens (tertiary/aromatic N) is 3. The lowest BCUT2D eigenvalue weighted by molar-refractivity contribution is 0.247. The Morgan fingerprint density at radius 1 is 1.32 bits per heavy atom. The van der Waals surface area contributed by atoms with Gasteiger partial charge in [-0.2, -0.15) is 5.10 Å². The minimum absolute atomic E-state index is 0.338. The van der Waals surface area contributed by atoms with Crippen LogP contribution in [0.15, 0.2) is 36.5 Å². The van der Waals surface area contributed by atoms with E-state index in [-0.39, 0.29) is 0 Å². The minimum atomic E-state index is 0.338. The first kappa shape index (κ1) is 13.9. The van der Waals surface area contributed by atoms with Gasteiger partial charge in [0.15, 0.2) is 0 Å². The summed E-state index contributed by atoms with van der Waals surface area (Å²) in [5, 5.41) is 4.95. The molecule has 1 heterocycles. The molecule has 2 N–H and O–H groups in total. The molecule has 0 spiro atoms. The molecule has 0 radical (unpaired) electrons. The molecule has 102 valence electrons. The Morgan fingerprint density at radius 3 is 2.58 bits per heavy atom. The monoisotopic (exact) mass is 278 g/mol. The number of anilines is 1. The first-order chi connectivity index (χ1) is 9.06. The van der Waals surface area contributed by atoms with Crippen LogP contribution in [0.3, 0.4) is 0 Å². The van der Waals surface area contributed by atoms with Gasteiger partial charge in [0.2, 0.25) is 0 Å². The molecule has 0 bridgehead atoms. The third-order valence-corrected chi connectivity index (χ3v) is 3.61. The van der Waals surface area contributed by atoms with Gasteiger partial charge in [0, 0.05) is 23.8 Å². The average molecular weight is 279 g/mol. The largest absolute Gasteiger partial charge is 0.382 e. The number of halogens is 1. The highest BCUT2D eigenvalue weighted by atomic mass is 35.5. The second kappa shape index (κ2) is 6.08. The number of likely N-dealkylation sites (N-methyl/N-ethyl adjacent to an activating group) is 1. The van der Waals surface area contributed by atoms with E-state index in [0.29, 0.717) is 11.9 Å². The molecule has 0 saturated carbocycles. The summed E-state index contributed by atoms with van der Waals surface area (Å²) in [4.78, 5) is 2.28. The summed E-state index contributed by atoms with van der Waals surface area (Å²) in [6.07, 6.45) is 1.90. The predicted molar refractivity (Wildman–Crippen MR) is 79.1 cm³/mol. The SMILES string of the molecule is CC(c1ccc(Cl)cc1)N(C)CCn1ccc(N)n1. The van der Waals surface area contributed by atoms with Crippen LogP contribution in [-0.2, 0) is 6.54 Å². The molecule has 4 nitrogen and oxygen atoms in total. The second-order valence-corrected chi connectivity index (χ2v) is 5.15. The third kappa shape index (κ3) is 3.72. The fourth-order valence-corrected chi connectivity index (χ4v) is 2.08. The highest BCUT2D eigenvalue weighted by Gasteiger charge is 2.11. The van der Waals surface area contributed by atoms with Crippen molar-refractivity contribution >= 4 is 17.4 Å². The zero-order valence-corrected chi connectivity index (χ0v) is 12.0. The van der Waals surface area contributed by atoms with Gasteiger partial charge in [-0.1, -0.05) is 23.7 Å². The smallest absolute Gasteiger partial charge is 0.145 e. The molecule has 0 amide bonds. The highest BCUT2D eigenvalue weighted by Crippen LogP contribution is 2.20. The van der Waals surface area contributed by atoms with Gasteiger partial charge >= 0.3 is 0 Å². The van der Waals surface area contributed by atoms with E-state index in [2.05, 4.69) is 36.1 Å². The summed E-state index contributed by atoms with van der Waals surface area (Å²) >= 11 is 5.90. The highest BCUT2D eigenvalue weighted by molar-refractivity contribution is 6.30. The first-order valence-corrected chi connectivity index (χ1v) is 6.68. The molecule has 5 heteroatoms. The van der Waals surface area contributed by atoms with Gasteiger partial charge in [0.05, 0.1) is 6.54 Å². The molecule has 2 rings (SSSR count). The molecule has 1 atom stereocenters. The maximum atomic E-state index is 5.90. The van der Waals surface area contributed by atoms with Crippen molar-refractivity contribution in [2.24, 2.45) is 0 Å². The summed E-state index contributed by atoms with van der Waals surface area (Å²) in [5.41, 5.74) is 6.85. The molecular formula is C14H19ClN4. The van der Waals surface area contributed by atoms with Crippen molar-refractivity contribution in [2.45, 2.75) is 19.5 Å². The van der Waals surface area contributed by atoms with Crippen molar-refractivity contribution in [3.63, 3.8) is 0 Å². The van der Waals surface area contributed by atoms with E-state index < -0.39 is 0 Å². The Balaban J connectivity index is 1.92. The van der Waals surface area contributed by atoms with Crippen molar-refractivity contribution in [1.29, 1.82) is 0 Å². The van der Waals surface area contributed by atoms with E-state index in [4.69, 9.17) is 17.3 Å². The summed E-state index contributed by atoms with van der Waals surface area (Å²) in [6, 6.07) is 10.1. The summed E-state index contributed by atoms with van der Waals surface area (Å²) < 4.78 is 1.86. The van der Waals surface area contributed by atoms with E-state index in [1.54, 1.807) is 0 Å². The first-order valence-electron chi connectivity index (χ1n) is 6.31. The van der Waals surface area contributed by atoms with Crippen LogP contribution in [-0.4, -0.2) is 28.3 Å². The van der Waals surface area contributed by atoms with Crippen LogP contribution in [0.5, 0.6) is 0 Å². The van der Waals surface area contributed by atoms with Gasteiger partial charge in [0.25, 0.3) is 0 Å². The molecule has 2 aromatic rings. The third-order valence-electron chi connectivity index (χ3n) is 3.36. The Bertz CT molecular complexity index is 520. The van der Waals surface area contributed by atoms with Gasteiger partial charge < -0.3 is 5.73 Å². The van der Waals surface area contributed by atoms with Crippen LogP contribution in [0.25, 0.3) is 0 Å². The Morgan fingerprint density at radius 2 is 2.00 bits per heavy atom. The zero-order chi connectivity index (χ0) is 13.8. The molecule has 1 aromatic carbocycles. The molecule has 0 aliphatic heterocycles. The van der Waals surface area contributed by atoms with Gasteiger partial charge in [-0.3, -0.25) is 9.58 Å². The van der Waals surface area contributed by atoms with Crippen molar-refractivity contribution in [3.8, 4) is 0 Å². The number of benzene rings is 1. The number of hydrogen-bond donors (Lipinski definition) is 1. The normalized spacial score (nSPS) is 12.8. The molecule has 0 saturated heterocycles. The van der Waals surface area contributed by atoms with Crippen LogP contribution in [0.2, 0.25) is 5.02 Å². The standard InChI is InChI=1S/C14H19ClN4/c1-11(12-3-5-13(15)6-4-12)18(2)9-10-19-8-7-14(16)17-19/h3-8,11H,9-10H2,1-2H3,(H2,16,17). The summed E-state index contributed by atoms with van der Waals surface area (Å²) in [7, 11) is 2.10. The maximum Gasteiger partial charge on any atom is 0.145 e. The van der Waals surface area contributed by atoms with Crippen molar-refractivity contribution in [2.75, 3.05) is 19.3 Å².